The van der Waals surface area contributed by atoms with Gasteiger partial charge in [0.2, 0.25) is 0 Å². The van der Waals surface area contributed by atoms with E-state index in [1.54, 1.807) is 26.8 Å². The Bertz CT molecular complexity index is 1420. The summed E-state index contributed by atoms with van der Waals surface area (Å²) in [5.74, 6) is 0. The second-order valence-electron chi connectivity index (χ2n) is 10.9. The molecule has 0 bridgehead atoms. The van der Waals surface area contributed by atoms with Crippen molar-refractivity contribution < 1.29 is 48.7 Å². The summed E-state index contributed by atoms with van der Waals surface area (Å²) in [5, 5.41) is 0. The molecule has 1 heterocycles. The van der Waals surface area contributed by atoms with E-state index in [-0.39, 0.29) is 41.8 Å². The summed E-state index contributed by atoms with van der Waals surface area (Å²) in [4.78, 5) is 14.2. The predicted octanol–water partition coefficient (Wildman–Crippen LogP) is 7.36. The number of hydrogen-bond acceptors (Lipinski definition) is 4. The number of alkyl halides is 7. The molecule has 2 aliphatic rings. The van der Waals surface area contributed by atoms with Gasteiger partial charge in [-0.1, -0.05) is 40.2 Å². The van der Waals surface area contributed by atoms with Crippen LogP contribution in [0.1, 0.15) is 50.3 Å². The first-order chi connectivity index (χ1) is 18.2. The largest absolute Gasteiger partial charge is 0.444 e. The predicted molar refractivity (Wildman–Crippen MR) is 134 cm³/mol. The Labute approximate surface area is 234 Å². The smallest absolute Gasteiger partial charge is 0.435 e. The highest BCUT2D eigenvalue weighted by molar-refractivity contribution is 9.10. The third-order valence-corrected chi connectivity index (χ3v) is 10.3. The second kappa shape index (κ2) is 9.60. The fourth-order valence-corrected chi connectivity index (χ4v) is 8.58. The monoisotopic (exact) mass is 659 g/mol. The third kappa shape index (κ3) is 4.68. The Kier molecular flexibility index (Phi) is 7.35. The Morgan fingerprint density at radius 3 is 2.17 bits per heavy atom. The zero-order valence-corrected chi connectivity index (χ0v) is 23.9. The number of carbonyl (C=O) groups excluding carboxylic acids is 1. The van der Waals surface area contributed by atoms with Crippen LogP contribution in [0.4, 0.5) is 35.5 Å². The van der Waals surface area contributed by atoms with E-state index in [9.17, 15) is 43.9 Å². The van der Waals surface area contributed by atoms with Crippen molar-refractivity contribution in [3.63, 3.8) is 0 Å². The average Bonchev–Trinajstić information content (AvgIpc) is 3.22. The number of nitrogens with zero attached hydrogens (tertiary/aromatic N) is 1. The van der Waals surface area contributed by atoms with Gasteiger partial charge in [-0.05, 0) is 69.4 Å². The number of rotatable bonds is 3. The molecule has 0 N–H and O–H groups in total. The molecule has 14 heteroatoms. The normalized spacial score (nSPS) is 22.1. The summed E-state index contributed by atoms with van der Waals surface area (Å²) in [6, 6.07) is 6.20. The molecule has 2 atom stereocenters. The lowest BCUT2D eigenvalue weighted by Gasteiger charge is -2.43. The van der Waals surface area contributed by atoms with Crippen molar-refractivity contribution in [2.75, 3.05) is 6.54 Å². The van der Waals surface area contributed by atoms with Crippen LogP contribution in [0.25, 0.3) is 0 Å². The molecule has 1 saturated heterocycles. The van der Waals surface area contributed by atoms with Gasteiger partial charge in [0, 0.05) is 16.6 Å². The molecule has 0 aromatic heterocycles. The molecule has 1 amide bonds. The van der Waals surface area contributed by atoms with Gasteiger partial charge in [0.1, 0.15) is 10.3 Å². The van der Waals surface area contributed by atoms with E-state index in [0.29, 0.717) is 16.6 Å². The number of carbonyl (C=O) groups is 1. The lowest BCUT2D eigenvalue weighted by Crippen LogP contribution is -2.53. The van der Waals surface area contributed by atoms with E-state index in [1.807, 2.05) is 0 Å². The van der Waals surface area contributed by atoms with Crippen molar-refractivity contribution in [1.29, 1.82) is 0 Å². The minimum atomic E-state index is -6.32. The molecule has 5 nitrogen and oxygen atoms in total. The van der Waals surface area contributed by atoms with Crippen LogP contribution in [0.2, 0.25) is 0 Å². The Balaban J connectivity index is 1.95. The first-order valence-corrected chi connectivity index (χ1v) is 14.4. The van der Waals surface area contributed by atoms with E-state index >= 15 is 0 Å². The molecule has 4 rings (SSSR count). The Morgan fingerprint density at radius 2 is 1.62 bits per heavy atom. The topological polar surface area (TPSA) is 63.7 Å². The van der Waals surface area contributed by atoms with Gasteiger partial charge >= 0.3 is 24.1 Å². The molecule has 0 radical (unpaired) electrons. The van der Waals surface area contributed by atoms with E-state index in [4.69, 9.17) is 4.74 Å². The number of aryl methyl sites for hydroxylation is 1. The quantitative estimate of drug-likeness (QED) is 0.323. The number of benzene rings is 2. The molecular formula is C26H25BrF7NO4S. The summed E-state index contributed by atoms with van der Waals surface area (Å²) in [6.07, 6.45) is -14.0. The van der Waals surface area contributed by atoms with Gasteiger partial charge < -0.3 is 9.64 Å². The maximum atomic E-state index is 14.9. The van der Waals surface area contributed by atoms with Crippen molar-refractivity contribution in [3.8, 4) is 0 Å². The van der Waals surface area contributed by atoms with Crippen LogP contribution < -0.4 is 0 Å². The lowest BCUT2D eigenvalue weighted by molar-refractivity contribution is -0.348. The maximum Gasteiger partial charge on any atom is 0.435 e. The van der Waals surface area contributed by atoms with E-state index in [2.05, 4.69) is 15.9 Å². The van der Waals surface area contributed by atoms with E-state index in [1.165, 1.54) is 23.1 Å². The standard InChI is InChI=1S/C26H25BrF7NO4S/c1-22(2,3)39-21(36)35-12-11-23(40(37,38)18-6-4-5-17(27)14-18)19-9-8-16(13-15(19)7-10-20(23)35)24(28,25(29,30)31)26(32,33)34/h4-6,8-9,13-14,20H,7,10-12H2,1-3H3. The van der Waals surface area contributed by atoms with Gasteiger partial charge in [-0.15, -0.1) is 0 Å². The number of hydrogen-bond donors (Lipinski definition) is 0. The van der Waals surface area contributed by atoms with E-state index < -0.39 is 55.9 Å². The fourth-order valence-electron chi connectivity index (χ4n) is 5.61. The molecule has 0 saturated carbocycles. The lowest BCUT2D eigenvalue weighted by atomic mass is 9.77. The van der Waals surface area contributed by atoms with Gasteiger partial charge in [-0.25, -0.2) is 17.6 Å². The zero-order chi connectivity index (χ0) is 30.1. The molecule has 2 unspecified atom stereocenters. The molecule has 40 heavy (non-hydrogen) atoms. The molecule has 2 aromatic rings. The Hall–Kier alpha value is -2.35. The number of halogens is 8. The summed E-state index contributed by atoms with van der Waals surface area (Å²) < 4.78 is 128. The average molecular weight is 660 g/mol. The van der Waals surface area contributed by atoms with E-state index in [0.717, 1.165) is 6.07 Å². The second-order valence-corrected chi connectivity index (χ2v) is 14.0. The first kappa shape index (κ1) is 30.6. The molecular weight excluding hydrogens is 635 g/mol. The highest BCUT2D eigenvalue weighted by Crippen LogP contribution is 2.56. The molecule has 1 aliphatic heterocycles. The number of sulfone groups is 1. The minimum Gasteiger partial charge on any atom is -0.444 e. The highest BCUT2D eigenvalue weighted by Gasteiger charge is 2.74. The molecule has 2 aromatic carbocycles. The number of fused-ring (bicyclic) bond motifs is 3. The molecule has 1 fully saturated rings. The maximum absolute atomic E-state index is 14.9. The van der Waals surface area contributed by atoms with Crippen molar-refractivity contribution in [2.45, 2.75) is 79.3 Å². The fraction of sp³-hybridized carbons (Fsp3) is 0.500. The van der Waals surface area contributed by atoms with Crippen LogP contribution in [0.5, 0.6) is 0 Å². The summed E-state index contributed by atoms with van der Waals surface area (Å²) in [7, 11) is -4.43. The number of amides is 1. The van der Waals surface area contributed by atoms with Crippen LogP contribution in [-0.4, -0.2) is 50.0 Å². The molecule has 220 valence electrons. The van der Waals surface area contributed by atoms with Gasteiger partial charge in [0.05, 0.1) is 10.9 Å². The van der Waals surface area contributed by atoms with Gasteiger partial charge in [-0.2, -0.15) is 26.3 Å². The van der Waals surface area contributed by atoms with Crippen LogP contribution in [0.15, 0.2) is 51.8 Å². The summed E-state index contributed by atoms with van der Waals surface area (Å²) >= 11 is 3.21. The van der Waals surface area contributed by atoms with Gasteiger partial charge in [-0.3, -0.25) is 0 Å². The zero-order valence-electron chi connectivity index (χ0n) is 21.5. The third-order valence-electron chi connectivity index (χ3n) is 7.28. The first-order valence-electron chi connectivity index (χ1n) is 12.1. The van der Waals surface area contributed by atoms with Gasteiger partial charge in [0.25, 0.3) is 0 Å². The minimum absolute atomic E-state index is 0.0785. The highest BCUT2D eigenvalue weighted by atomic mass is 79.9. The van der Waals surface area contributed by atoms with Crippen LogP contribution >= 0.6 is 15.9 Å². The van der Waals surface area contributed by atoms with Crippen LogP contribution in [0.3, 0.4) is 0 Å². The summed E-state index contributed by atoms with van der Waals surface area (Å²) in [6.45, 7) is 4.75. The van der Waals surface area contributed by atoms with Crippen molar-refractivity contribution in [3.05, 3.63) is 63.6 Å². The Morgan fingerprint density at radius 1 is 1.00 bits per heavy atom. The van der Waals surface area contributed by atoms with Crippen LogP contribution in [0, 0.1) is 0 Å². The number of ether oxygens (including phenoxy) is 1. The SMILES string of the molecule is CC(C)(C)OC(=O)N1CCC2(S(=O)(=O)c3cccc(Br)c3)c3ccc(C(F)(C(F)(F)F)C(F)(F)F)cc3CCC12. The van der Waals surface area contributed by atoms with Crippen molar-refractivity contribution in [2.24, 2.45) is 0 Å². The van der Waals surface area contributed by atoms with Crippen LogP contribution in [-0.2, 0) is 31.4 Å². The number of likely N-dealkylation sites (tertiary alicyclic amines) is 1. The van der Waals surface area contributed by atoms with Crippen molar-refractivity contribution >= 4 is 31.9 Å². The van der Waals surface area contributed by atoms with Crippen molar-refractivity contribution in [1.82, 2.24) is 4.90 Å². The molecule has 1 aliphatic carbocycles. The van der Waals surface area contributed by atoms with Gasteiger partial charge in [0.15, 0.2) is 9.84 Å². The molecule has 0 spiro atoms. The summed E-state index contributed by atoms with van der Waals surface area (Å²) in [5.41, 5.74) is -8.53.